The number of ether oxygens (including phenoxy) is 1. The average Bonchev–Trinajstić information content (AvgIpc) is 3.16. The highest BCUT2D eigenvalue weighted by Crippen LogP contribution is 2.60. The van der Waals surface area contributed by atoms with Crippen LogP contribution in [0.5, 0.6) is 0 Å². The Hall–Kier alpha value is -0.970. The van der Waals surface area contributed by atoms with Crippen molar-refractivity contribution in [2.75, 3.05) is 0 Å². The second-order valence-electron chi connectivity index (χ2n) is 8.88. The molecule has 2 saturated carbocycles. The van der Waals surface area contributed by atoms with Gasteiger partial charge in [-0.25, -0.2) is 4.89 Å². The zero-order chi connectivity index (χ0) is 17.8. The van der Waals surface area contributed by atoms with Crippen LogP contribution < -0.4 is 0 Å². The van der Waals surface area contributed by atoms with Gasteiger partial charge in [0.1, 0.15) is 5.60 Å². The summed E-state index contributed by atoms with van der Waals surface area (Å²) in [6.45, 7) is 12.0. The fourth-order valence-electron chi connectivity index (χ4n) is 4.58. The summed E-state index contributed by atoms with van der Waals surface area (Å²) in [7, 11) is 0. The maximum Gasteiger partial charge on any atom is 0.161 e. The molecule has 3 rings (SSSR count). The summed E-state index contributed by atoms with van der Waals surface area (Å²) in [5.41, 5.74) is 0.102. The average molecular weight is 334 g/mol. The van der Waals surface area contributed by atoms with Crippen molar-refractivity contribution in [3.05, 3.63) is 24.3 Å². The lowest BCUT2D eigenvalue weighted by Gasteiger charge is -2.53. The minimum Gasteiger partial charge on any atom is -0.366 e. The van der Waals surface area contributed by atoms with Crippen molar-refractivity contribution < 1.29 is 19.7 Å². The molecule has 0 aromatic rings. The molecule has 4 heteroatoms. The topological polar surface area (TPSA) is 59.1 Å². The largest absolute Gasteiger partial charge is 0.366 e. The van der Waals surface area contributed by atoms with Crippen LogP contribution in [0.2, 0.25) is 0 Å². The fraction of sp³-hybridized carbons (Fsp3) is 0.750. The third-order valence-corrected chi connectivity index (χ3v) is 6.62. The second-order valence-corrected chi connectivity index (χ2v) is 8.88. The number of hydrogen-bond acceptors (Lipinski definition) is 4. The van der Waals surface area contributed by atoms with E-state index in [9.17, 15) is 4.79 Å². The van der Waals surface area contributed by atoms with Crippen molar-refractivity contribution in [2.45, 2.75) is 77.1 Å². The molecule has 24 heavy (non-hydrogen) atoms. The zero-order valence-electron chi connectivity index (χ0n) is 15.3. The van der Waals surface area contributed by atoms with Crippen LogP contribution in [0.1, 0.15) is 59.8 Å². The fourth-order valence-corrected chi connectivity index (χ4v) is 4.58. The van der Waals surface area contributed by atoms with E-state index in [1.807, 2.05) is 0 Å². The van der Waals surface area contributed by atoms with Crippen LogP contribution in [0.25, 0.3) is 0 Å². The maximum absolute atomic E-state index is 12.8. The molecule has 3 fully saturated rings. The van der Waals surface area contributed by atoms with Crippen LogP contribution in [0.4, 0.5) is 0 Å². The molecule has 0 radical (unpaired) electrons. The molecular formula is C20H30O4. The Morgan fingerprint density at radius 2 is 2.12 bits per heavy atom. The molecular weight excluding hydrogens is 304 g/mol. The Labute approximate surface area is 144 Å². The summed E-state index contributed by atoms with van der Waals surface area (Å²) in [6.07, 6.45) is 8.56. The van der Waals surface area contributed by atoms with Gasteiger partial charge in [0.15, 0.2) is 5.78 Å². The van der Waals surface area contributed by atoms with Crippen LogP contribution in [-0.4, -0.2) is 28.3 Å². The molecule has 3 aliphatic rings. The standard InChI is InChI=1S/C20H30O4/c1-13-6-7-17-20(5,23-17)11-8-15-14(13)12-19(15,4)16(21)9-10-18(2,3)24-22/h9-10,14-15,17,22H,1,6-8,11-12H2,2-5H3/b10-9+/t14-,15-,17-,19-,20-/m1/s1. The number of fused-ring (bicyclic) bond motifs is 2. The van der Waals surface area contributed by atoms with E-state index in [4.69, 9.17) is 9.99 Å². The van der Waals surface area contributed by atoms with Gasteiger partial charge >= 0.3 is 0 Å². The first-order valence-corrected chi connectivity index (χ1v) is 9.03. The van der Waals surface area contributed by atoms with Crippen molar-refractivity contribution in [1.29, 1.82) is 0 Å². The van der Waals surface area contributed by atoms with E-state index in [-0.39, 0.29) is 16.8 Å². The second kappa shape index (κ2) is 5.79. The predicted molar refractivity (Wildman–Crippen MR) is 92.5 cm³/mol. The molecule has 0 bridgehead atoms. The molecule has 4 nitrogen and oxygen atoms in total. The van der Waals surface area contributed by atoms with E-state index in [2.05, 4.69) is 25.3 Å². The summed E-state index contributed by atoms with van der Waals surface area (Å²) < 4.78 is 5.89. The van der Waals surface area contributed by atoms with E-state index in [0.29, 0.717) is 17.9 Å². The molecule has 134 valence electrons. The van der Waals surface area contributed by atoms with Gasteiger partial charge in [0.2, 0.25) is 0 Å². The van der Waals surface area contributed by atoms with Gasteiger partial charge < -0.3 is 4.74 Å². The predicted octanol–water partition coefficient (Wildman–Crippen LogP) is 4.31. The first kappa shape index (κ1) is 17.8. The molecule has 1 N–H and O–H groups in total. The Morgan fingerprint density at radius 1 is 1.42 bits per heavy atom. The molecule has 0 spiro atoms. The number of rotatable bonds is 4. The lowest BCUT2D eigenvalue weighted by Crippen LogP contribution is -2.51. The van der Waals surface area contributed by atoms with E-state index < -0.39 is 5.60 Å². The number of epoxide rings is 1. The molecule has 0 aromatic heterocycles. The van der Waals surface area contributed by atoms with Crippen molar-refractivity contribution in [2.24, 2.45) is 17.3 Å². The molecule has 1 heterocycles. The summed E-state index contributed by atoms with van der Waals surface area (Å²) in [6, 6.07) is 0. The number of carbonyl (C=O) groups is 1. The minimum absolute atomic E-state index is 0.0112. The smallest absolute Gasteiger partial charge is 0.161 e. The Balaban J connectivity index is 1.74. The van der Waals surface area contributed by atoms with Gasteiger partial charge in [0.05, 0.1) is 11.7 Å². The monoisotopic (exact) mass is 334 g/mol. The minimum atomic E-state index is -0.847. The van der Waals surface area contributed by atoms with Crippen molar-refractivity contribution >= 4 is 5.78 Å². The quantitative estimate of drug-likeness (QED) is 0.274. The van der Waals surface area contributed by atoms with Crippen LogP contribution in [0.15, 0.2) is 24.3 Å². The third kappa shape index (κ3) is 3.00. The van der Waals surface area contributed by atoms with E-state index in [0.717, 1.165) is 32.1 Å². The molecule has 0 amide bonds. The SMILES string of the molecule is C=C1CC[C@H]2O[C@]2(C)CC[C@@H]2[C@@H]1C[C@@]2(C)C(=O)/C=C/C(C)(C)OO. The van der Waals surface area contributed by atoms with Crippen LogP contribution in [0.3, 0.4) is 0 Å². The maximum atomic E-state index is 12.8. The summed E-state index contributed by atoms with van der Waals surface area (Å²) in [5.74, 6) is 0.912. The number of carbonyl (C=O) groups excluding carboxylic acids is 1. The van der Waals surface area contributed by atoms with Gasteiger partial charge in [-0.3, -0.25) is 10.1 Å². The molecule has 0 aromatic carbocycles. The summed E-state index contributed by atoms with van der Waals surface area (Å²) in [5, 5.41) is 8.88. The lowest BCUT2D eigenvalue weighted by atomic mass is 9.49. The number of ketones is 1. The van der Waals surface area contributed by atoms with Crippen LogP contribution in [-0.2, 0) is 14.4 Å². The summed E-state index contributed by atoms with van der Waals surface area (Å²) in [4.78, 5) is 17.2. The van der Waals surface area contributed by atoms with Gasteiger partial charge in [-0.2, -0.15) is 0 Å². The van der Waals surface area contributed by atoms with Crippen LogP contribution >= 0.6 is 0 Å². The van der Waals surface area contributed by atoms with Crippen LogP contribution in [0, 0.1) is 17.3 Å². The molecule has 2 aliphatic carbocycles. The highest BCUT2D eigenvalue weighted by atomic mass is 17.1. The van der Waals surface area contributed by atoms with E-state index >= 15 is 0 Å². The zero-order valence-corrected chi connectivity index (χ0v) is 15.3. The molecule has 1 saturated heterocycles. The number of allylic oxidation sites excluding steroid dienone is 2. The Bertz CT molecular complexity index is 578. The van der Waals surface area contributed by atoms with Crippen molar-refractivity contribution in [3.63, 3.8) is 0 Å². The molecule has 0 unspecified atom stereocenters. The summed E-state index contributed by atoms with van der Waals surface area (Å²) >= 11 is 0. The first-order valence-electron chi connectivity index (χ1n) is 9.03. The van der Waals surface area contributed by atoms with Gasteiger partial charge in [0, 0.05) is 5.41 Å². The lowest BCUT2D eigenvalue weighted by molar-refractivity contribution is -0.297. The van der Waals surface area contributed by atoms with Gasteiger partial charge in [-0.05, 0) is 76.9 Å². The highest BCUT2D eigenvalue weighted by molar-refractivity contribution is 5.95. The number of hydrogen-bond donors (Lipinski definition) is 1. The third-order valence-electron chi connectivity index (χ3n) is 6.62. The van der Waals surface area contributed by atoms with Crippen molar-refractivity contribution in [1.82, 2.24) is 0 Å². The van der Waals surface area contributed by atoms with Gasteiger partial charge in [-0.15, -0.1) is 0 Å². The van der Waals surface area contributed by atoms with Gasteiger partial charge in [0.25, 0.3) is 0 Å². The highest BCUT2D eigenvalue weighted by Gasteiger charge is 2.58. The van der Waals surface area contributed by atoms with Gasteiger partial charge in [-0.1, -0.05) is 19.1 Å². The first-order chi connectivity index (χ1) is 11.1. The Kier molecular flexibility index (Phi) is 4.30. The molecule has 5 atom stereocenters. The van der Waals surface area contributed by atoms with E-state index in [1.165, 1.54) is 5.57 Å². The normalized spacial score (nSPS) is 42.4. The molecule has 1 aliphatic heterocycles. The van der Waals surface area contributed by atoms with E-state index in [1.54, 1.807) is 26.0 Å². The van der Waals surface area contributed by atoms with Crippen molar-refractivity contribution in [3.8, 4) is 0 Å². The Morgan fingerprint density at radius 3 is 2.79 bits per heavy atom.